The Hall–Kier alpha value is -2.38. The molecule has 0 atom stereocenters. The summed E-state index contributed by atoms with van der Waals surface area (Å²) in [6, 6.07) is 6.03. The molecule has 1 aromatic carbocycles. The number of hydrogen-bond donors (Lipinski definition) is 3. The molecule has 1 aliphatic heterocycles. The normalized spacial score (nSPS) is 23.5. The summed E-state index contributed by atoms with van der Waals surface area (Å²) < 4.78 is 0. The van der Waals surface area contributed by atoms with E-state index in [0.717, 1.165) is 54.9 Å². The van der Waals surface area contributed by atoms with E-state index >= 15 is 0 Å². The minimum atomic E-state index is -0.255. The number of rotatable bonds is 6. The summed E-state index contributed by atoms with van der Waals surface area (Å²) in [6.07, 6.45) is 8.17. The van der Waals surface area contributed by atoms with E-state index < -0.39 is 0 Å². The molecule has 2 aliphatic carbocycles. The van der Waals surface area contributed by atoms with E-state index in [-0.39, 0.29) is 18.1 Å². The van der Waals surface area contributed by atoms with Gasteiger partial charge in [0.25, 0.3) is 5.91 Å². The van der Waals surface area contributed by atoms with Crippen molar-refractivity contribution in [1.29, 1.82) is 0 Å². The highest BCUT2D eigenvalue weighted by Crippen LogP contribution is 2.53. The Morgan fingerprint density at radius 3 is 2.73 bits per heavy atom. The molecule has 0 unspecified atom stereocenters. The maximum absolute atomic E-state index is 13.1. The monoisotopic (exact) mass is 469 g/mol. The van der Waals surface area contributed by atoms with E-state index in [2.05, 4.69) is 20.5 Å². The van der Waals surface area contributed by atoms with Crippen molar-refractivity contribution in [3.63, 3.8) is 0 Å². The molecule has 3 aliphatic rings. The number of aromatic nitrogens is 2. The number of nitrogens with one attached hydrogen (secondary N) is 2. The largest absolute Gasteiger partial charge is 0.393 e. The molecule has 7 nitrogen and oxygen atoms in total. The molecule has 0 radical (unpaired) electrons. The maximum atomic E-state index is 13.1. The number of aliphatic hydroxyl groups is 1. The third-order valence-corrected chi connectivity index (χ3v) is 7.83. The van der Waals surface area contributed by atoms with Gasteiger partial charge in [-0.25, -0.2) is 4.98 Å². The summed E-state index contributed by atoms with van der Waals surface area (Å²) in [5.74, 6) is 1.05. The molecule has 33 heavy (non-hydrogen) atoms. The topological polar surface area (TPSA) is 90.4 Å². The molecule has 1 spiro atoms. The number of hydrogen-bond acceptors (Lipinski definition) is 6. The summed E-state index contributed by atoms with van der Waals surface area (Å²) >= 11 is 6.30. The van der Waals surface area contributed by atoms with Gasteiger partial charge in [-0.15, -0.1) is 0 Å². The van der Waals surface area contributed by atoms with Crippen molar-refractivity contribution in [2.45, 2.75) is 70.6 Å². The standard InChI is InChI=1S/C25H32ClN5O2/c1-16-2-3-17(12-21(16)26)13-27-22-20(23(33)29-18-4-6-19(32)7-5-18)14-28-24(30-22)31-11-10-25(15-31)8-9-25/h2-3,12,14,18-19,32H,4-11,13,15H2,1H3,(H,29,33)(H,27,28,30). The molecule has 2 aromatic rings. The lowest BCUT2D eigenvalue weighted by atomic mass is 9.93. The lowest BCUT2D eigenvalue weighted by Gasteiger charge is -2.26. The SMILES string of the molecule is Cc1ccc(CNc2nc(N3CCC4(CC4)C3)ncc2C(=O)NC2CCC(O)CC2)cc1Cl. The van der Waals surface area contributed by atoms with E-state index in [1.54, 1.807) is 6.20 Å². The van der Waals surface area contributed by atoms with Crippen molar-refractivity contribution in [3.8, 4) is 0 Å². The molecule has 0 bridgehead atoms. The molecule has 176 valence electrons. The average molecular weight is 470 g/mol. The van der Waals surface area contributed by atoms with Gasteiger partial charge in [-0.05, 0) is 74.5 Å². The fourth-order valence-electron chi connectivity index (χ4n) is 4.93. The molecule has 1 aromatic heterocycles. The zero-order valence-electron chi connectivity index (χ0n) is 19.1. The quantitative estimate of drug-likeness (QED) is 0.590. The number of nitrogens with zero attached hydrogens (tertiary/aromatic N) is 3. The predicted octanol–water partition coefficient (Wildman–Crippen LogP) is 4.07. The molecule has 8 heteroatoms. The Balaban J connectivity index is 1.35. The lowest BCUT2D eigenvalue weighted by Crippen LogP contribution is -2.39. The van der Waals surface area contributed by atoms with Crippen LogP contribution in [0.15, 0.2) is 24.4 Å². The summed E-state index contributed by atoms with van der Waals surface area (Å²) in [4.78, 5) is 24.8. The van der Waals surface area contributed by atoms with Gasteiger partial charge >= 0.3 is 0 Å². The summed E-state index contributed by atoms with van der Waals surface area (Å²) in [7, 11) is 0. The number of amides is 1. The first kappa shape index (κ1) is 22.4. The van der Waals surface area contributed by atoms with Crippen LogP contribution < -0.4 is 15.5 Å². The predicted molar refractivity (Wildman–Crippen MR) is 130 cm³/mol. The van der Waals surface area contributed by atoms with Gasteiger partial charge in [-0.2, -0.15) is 4.98 Å². The minimum Gasteiger partial charge on any atom is -0.393 e. The fourth-order valence-corrected chi connectivity index (χ4v) is 5.14. The van der Waals surface area contributed by atoms with Gasteiger partial charge in [-0.3, -0.25) is 4.79 Å². The number of carbonyl (C=O) groups excluding carboxylic acids is 1. The second kappa shape index (κ2) is 9.11. The minimum absolute atomic E-state index is 0.0673. The van der Waals surface area contributed by atoms with Gasteiger partial charge < -0.3 is 20.6 Å². The Bertz CT molecular complexity index is 1030. The van der Waals surface area contributed by atoms with Gasteiger partial charge in [0.2, 0.25) is 5.95 Å². The van der Waals surface area contributed by atoms with Gasteiger partial charge in [0.1, 0.15) is 11.4 Å². The van der Waals surface area contributed by atoms with E-state index in [0.29, 0.717) is 29.3 Å². The molecule has 2 heterocycles. The lowest BCUT2D eigenvalue weighted by molar-refractivity contribution is 0.0867. The zero-order chi connectivity index (χ0) is 23.0. The third kappa shape index (κ3) is 5.09. The first-order valence-electron chi connectivity index (χ1n) is 12.0. The Morgan fingerprint density at radius 1 is 1.24 bits per heavy atom. The molecule has 3 fully saturated rings. The highest BCUT2D eigenvalue weighted by Gasteiger charge is 2.48. The Labute approximate surface area is 200 Å². The van der Waals surface area contributed by atoms with Crippen LogP contribution in [0.25, 0.3) is 0 Å². The van der Waals surface area contributed by atoms with Gasteiger partial charge in [0.05, 0.1) is 6.10 Å². The number of benzene rings is 1. The van der Waals surface area contributed by atoms with Crippen molar-refractivity contribution >= 4 is 29.3 Å². The fraction of sp³-hybridized carbons (Fsp3) is 0.560. The molecular formula is C25H32ClN5O2. The van der Waals surface area contributed by atoms with E-state index in [1.165, 1.54) is 19.3 Å². The van der Waals surface area contributed by atoms with Crippen LogP contribution in [-0.2, 0) is 6.54 Å². The van der Waals surface area contributed by atoms with Crippen LogP contribution in [0.2, 0.25) is 5.02 Å². The van der Waals surface area contributed by atoms with Crippen molar-refractivity contribution in [3.05, 3.63) is 46.1 Å². The van der Waals surface area contributed by atoms with Crippen molar-refractivity contribution < 1.29 is 9.90 Å². The van der Waals surface area contributed by atoms with Crippen molar-refractivity contribution in [2.24, 2.45) is 5.41 Å². The first-order chi connectivity index (χ1) is 15.9. The smallest absolute Gasteiger partial charge is 0.256 e. The molecular weight excluding hydrogens is 438 g/mol. The number of anilines is 2. The highest BCUT2D eigenvalue weighted by atomic mass is 35.5. The number of halogens is 1. The van der Waals surface area contributed by atoms with Crippen molar-refractivity contribution in [2.75, 3.05) is 23.3 Å². The van der Waals surface area contributed by atoms with Crippen molar-refractivity contribution in [1.82, 2.24) is 15.3 Å². The van der Waals surface area contributed by atoms with Crippen LogP contribution in [0.4, 0.5) is 11.8 Å². The van der Waals surface area contributed by atoms with E-state index in [1.807, 2.05) is 25.1 Å². The van der Waals surface area contributed by atoms with Crippen LogP contribution in [-0.4, -0.2) is 46.2 Å². The molecule has 1 amide bonds. The molecule has 5 rings (SSSR count). The van der Waals surface area contributed by atoms with E-state index in [4.69, 9.17) is 16.6 Å². The van der Waals surface area contributed by atoms with Crippen LogP contribution >= 0.6 is 11.6 Å². The second-order valence-corrected chi connectivity index (χ2v) is 10.4. The summed E-state index contributed by atoms with van der Waals surface area (Å²) in [5.41, 5.74) is 2.97. The molecule has 2 saturated carbocycles. The highest BCUT2D eigenvalue weighted by molar-refractivity contribution is 6.31. The Morgan fingerprint density at radius 2 is 2.03 bits per heavy atom. The van der Waals surface area contributed by atoms with Crippen LogP contribution in [0.1, 0.15) is 66.4 Å². The van der Waals surface area contributed by atoms with Gasteiger partial charge in [0, 0.05) is 36.9 Å². The van der Waals surface area contributed by atoms with E-state index in [9.17, 15) is 9.90 Å². The maximum Gasteiger partial charge on any atom is 0.256 e. The van der Waals surface area contributed by atoms with Crippen LogP contribution in [0.5, 0.6) is 0 Å². The number of carbonyl (C=O) groups is 1. The van der Waals surface area contributed by atoms with Crippen LogP contribution in [0.3, 0.4) is 0 Å². The Kier molecular flexibility index (Phi) is 6.18. The zero-order valence-corrected chi connectivity index (χ0v) is 19.9. The number of aliphatic hydroxyl groups excluding tert-OH is 1. The first-order valence-corrected chi connectivity index (χ1v) is 12.4. The molecule has 1 saturated heterocycles. The third-order valence-electron chi connectivity index (χ3n) is 7.43. The molecule has 3 N–H and O–H groups in total. The number of aryl methyl sites for hydroxylation is 1. The van der Waals surface area contributed by atoms with Gasteiger partial charge in [-0.1, -0.05) is 23.7 Å². The summed E-state index contributed by atoms with van der Waals surface area (Å²) in [5, 5.41) is 17.0. The van der Waals surface area contributed by atoms with Crippen LogP contribution in [0, 0.1) is 12.3 Å². The summed E-state index contributed by atoms with van der Waals surface area (Å²) in [6.45, 7) is 4.45. The average Bonchev–Trinajstić information content (AvgIpc) is 3.44. The van der Waals surface area contributed by atoms with Gasteiger partial charge in [0.15, 0.2) is 0 Å². The second-order valence-electron chi connectivity index (χ2n) is 10.0.